The molecule has 0 fully saturated rings. The molecule has 3 rings (SSSR count). The summed E-state index contributed by atoms with van der Waals surface area (Å²) < 4.78 is 1.87. The number of hydrogen-bond acceptors (Lipinski definition) is 1. The van der Waals surface area contributed by atoms with Crippen LogP contribution in [0.15, 0.2) is 35.9 Å². The van der Waals surface area contributed by atoms with Gasteiger partial charge in [0.25, 0.3) is 5.91 Å². The van der Waals surface area contributed by atoms with E-state index < -0.39 is 0 Å². The Bertz CT molecular complexity index is 745. The van der Waals surface area contributed by atoms with Gasteiger partial charge in [-0.05, 0) is 44.7 Å². The molecule has 3 nitrogen and oxygen atoms in total. The van der Waals surface area contributed by atoms with Gasteiger partial charge in [0.15, 0.2) is 0 Å². The van der Waals surface area contributed by atoms with Gasteiger partial charge in [-0.25, -0.2) is 0 Å². The van der Waals surface area contributed by atoms with E-state index in [9.17, 15) is 4.79 Å². The first-order chi connectivity index (χ1) is 10.6. The molecule has 116 valence electrons. The Balaban J connectivity index is 1.85. The van der Waals surface area contributed by atoms with Crippen LogP contribution in [-0.2, 0) is 7.05 Å². The first-order valence-electron chi connectivity index (χ1n) is 7.81. The maximum atomic E-state index is 12.6. The molecular weight excluding hydrogens is 296 g/mol. The number of rotatable bonds is 3. The Morgan fingerprint density at radius 3 is 2.86 bits per heavy atom. The number of para-hydroxylation sites is 1. The fourth-order valence-corrected chi connectivity index (χ4v) is 3.51. The lowest BCUT2D eigenvalue weighted by Crippen LogP contribution is -2.35. The van der Waals surface area contributed by atoms with Crippen LogP contribution in [0.3, 0.4) is 0 Å². The van der Waals surface area contributed by atoms with Crippen molar-refractivity contribution in [1.29, 1.82) is 0 Å². The van der Waals surface area contributed by atoms with Gasteiger partial charge in [-0.1, -0.05) is 35.4 Å². The fraction of sp³-hybridized carbons (Fsp3) is 0.389. The molecule has 0 saturated heterocycles. The summed E-state index contributed by atoms with van der Waals surface area (Å²) in [5.74, 6) is -0.0475. The molecule has 0 radical (unpaired) electrons. The number of amides is 1. The number of allylic oxidation sites excluding steroid dienone is 1. The van der Waals surface area contributed by atoms with E-state index in [0.717, 1.165) is 23.7 Å². The lowest BCUT2D eigenvalue weighted by Gasteiger charge is -2.21. The van der Waals surface area contributed by atoms with E-state index >= 15 is 0 Å². The van der Waals surface area contributed by atoms with Crippen LogP contribution >= 0.6 is 11.6 Å². The summed E-state index contributed by atoms with van der Waals surface area (Å²) in [6.45, 7) is 2.06. The smallest absolute Gasteiger partial charge is 0.268 e. The number of halogens is 1. The van der Waals surface area contributed by atoms with Gasteiger partial charge in [-0.2, -0.15) is 0 Å². The largest absolute Gasteiger partial charge is 0.345 e. The second-order valence-electron chi connectivity index (χ2n) is 5.99. The van der Waals surface area contributed by atoms with Crippen LogP contribution in [0.1, 0.15) is 43.1 Å². The third-order valence-corrected chi connectivity index (χ3v) is 4.77. The van der Waals surface area contributed by atoms with E-state index in [1.54, 1.807) is 0 Å². The number of carbonyl (C=O) groups is 1. The highest BCUT2D eigenvalue weighted by Gasteiger charge is 2.19. The Labute approximate surface area is 136 Å². The third-order valence-electron chi connectivity index (χ3n) is 4.47. The molecule has 1 atom stereocenters. The van der Waals surface area contributed by atoms with Crippen molar-refractivity contribution >= 4 is 28.4 Å². The van der Waals surface area contributed by atoms with E-state index in [2.05, 4.69) is 18.3 Å². The standard InChI is InChI=1S/C18H21ClN2O/c1-12(13-7-4-3-5-8-13)20-18(22)16-11-14-9-6-10-15(19)17(14)21(16)2/h6-7,9-12H,3-5,8H2,1-2H3,(H,20,22). The minimum Gasteiger partial charge on any atom is -0.345 e. The van der Waals surface area contributed by atoms with Crippen molar-refractivity contribution in [2.24, 2.45) is 7.05 Å². The molecule has 2 aromatic rings. The number of benzene rings is 1. The second-order valence-corrected chi connectivity index (χ2v) is 6.39. The average Bonchev–Trinajstić information content (AvgIpc) is 2.86. The minimum atomic E-state index is -0.0475. The van der Waals surface area contributed by atoms with Crippen molar-refractivity contribution in [3.63, 3.8) is 0 Å². The zero-order valence-electron chi connectivity index (χ0n) is 13.0. The molecule has 1 aliphatic carbocycles. The summed E-state index contributed by atoms with van der Waals surface area (Å²) >= 11 is 6.25. The highest BCUT2D eigenvalue weighted by molar-refractivity contribution is 6.35. The topological polar surface area (TPSA) is 34.0 Å². The van der Waals surface area contributed by atoms with Crippen LogP contribution in [0.25, 0.3) is 10.9 Å². The van der Waals surface area contributed by atoms with E-state index in [0.29, 0.717) is 10.7 Å². The van der Waals surface area contributed by atoms with Crippen molar-refractivity contribution < 1.29 is 4.79 Å². The first-order valence-corrected chi connectivity index (χ1v) is 8.19. The number of hydrogen-bond donors (Lipinski definition) is 1. The molecule has 1 heterocycles. The number of fused-ring (bicyclic) bond motifs is 1. The number of aromatic nitrogens is 1. The van der Waals surface area contributed by atoms with Crippen molar-refractivity contribution in [3.8, 4) is 0 Å². The first kappa shape index (κ1) is 15.2. The molecular formula is C18H21ClN2O. The van der Waals surface area contributed by atoms with Gasteiger partial charge in [0, 0.05) is 18.5 Å². The summed E-state index contributed by atoms with van der Waals surface area (Å²) in [4.78, 5) is 12.6. The predicted molar refractivity (Wildman–Crippen MR) is 91.4 cm³/mol. The van der Waals surface area contributed by atoms with Gasteiger partial charge in [-0.15, -0.1) is 0 Å². The van der Waals surface area contributed by atoms with Crippen LogP contribution in [0.5, 0.6) is 0 Å². The molecule has 0 bridgehead atoms. The molecule has 0 aliphatic heterocycles. The molecule has 22 heavy (non-hydrogen) atoms. The van der Waals surface area contributed by atoms with Gasteiger partial charge in [-0.3, -0.25) is 4.79 Å². The molecule has 1 aliphatic rings. The monoisotopic (exact) mass is 316 g/mol. The number of aryl methyl sites for hydroxylation is 1. The normalized spacial score (nSPS) is 16.4. The highest BCUT2D eigenvalue weighted by atomic mass is 35.5. The van der Waals surface area contributed by atoms with Gasteiger partial charge in [0.2, 0.25) is 0 Å². The average molecular weight is 317 g/mol. The molecule has 1 aromatic carbocycles. The molecule has 1 aromatic heterocycles. The van der Waals surface area contributed by atoms with E-state index in [1.165, 1.54) is 18.4 Å². The van der Waals surface area contributed by atoms with E-state index in [-0.39, 0.29) is 11.9 Å². The zero-order valence-corrected chi connectivity index (χ0v) is 13.8. The van der Waals surface area contributed by atoms with Crippen LogP contribution in [-0.4, -0.2) is 16.5 Å². The van der Waals surface area contributed by atoms with Gasteiger partial charge >= 0.3 is 0 Å². The lowest BCUT2D eigenvalue weighted by molar-refractivity contribution is 0.0937. The summed E-state index contributed by atoms with van der Waals surface area (Å²) in [6.07, 6.45) is 6.95. The number of nitrogens with zero attached hydrogens (tertiary/aromatic N) is 1. The summed E-state index contributed by atoms with van der Waals surface area (Å²) in [6, 6.07) is 7.72. The number of nitrogens with one attached hydrogen (secondary N) is 1. The predicted octanol–water partition coefficient (Wildman–Crippen LogP) is 4.45. The third kappa shape index (κ3) is 2.78. The Morgan fingerprint density at radius 2 is 2.18 bits per heavy atom. The molecule has 1 amide bonds. The molecule has 1 N–H and O–H groups in total. The van der Waals surface area contributed by atoms with E-state index in [4.69, 9.17) is 11.6 Å². The van der Waals surface area contributed by atoms with Gasteiger partial charge in [0.05, 0.1) is 10.5 Å². The van der Waals surface area contributed by atoms with Gasteiger partial charge < -0.3 is 9.88 Å². The van der Waals surface area contributed by atoms with Crippen LogP contribution in [0, 0.1) is 0 Å². The maximum Gasteiger partial charge on any atom is 0.268 e. The zero-order chi connectivity index (χ0) is 15.7. The molecule has 4 heteroatoms. The van der Waals surface area contributed by atoms with Crippen LogP contribution in [0.2, 0.25) is 5.02 Å². The van der Waals surface area contributed by atoms with Crippen molar-refractivity contribution in [1.82, 2.24) is 9.88 Å². The van der Waals surface area contributed by atoms with Crippen LogP contribution in [0.4, 0.5) is 0 Å². The Morgan fingerprint density at radius 1 is 1.36 bits per heavy atom. The Hall–Kier alpha value is -1.74. The summed E-state index contributed by atoms with van der Waals surface area (Å²) in [5, 5.41) is 4.78. The fourth-order valence-electron chi connectivity index (χ4n) is 3.20. The maximum absolute atomic E-state index is 12.6. The quantitative estimate of drug-likeness (QED) is 0.834. The van der Waals surface area contributed by atoms with Crippen molar-refractivity contribution in [3.05, 3.63) is 46.6 Å². The van der Waals surface area contributed by atoms with Crippen LogP contribution < -0.4 is 5.32 Å². The Kier molecular flexibility index (Phi) is 4.25. The van der Waals surface area contributed by atoms with Crippen molar-refractivity contribution in [2.75, 3.05) is 0 Å². The second kappa shape index (κ2) is 6.17. The highest BCUT2D eigenvalue weighted by Crippen LogP contribution is 2.26. The minimum absolute atomic E-state index is 0.0475. The summed E-state index contributed by atoms with van der Waals surface area (Å²) in [7, 11) is 1.88. The number of carbonyl (C=O) groups excluding carboxylic acids is 1. The van der Waals surface area contributed by atoms with Gasteiger partial charge in [0.1, 0.15) is 5.69 Å². The van der Waals surface area contributed by atoms with Crippen molar-refractivity contribution in [2.45, 2.75) is 38.6 Å². The van der Waals surface area contributed by atoms with E-state index in [1.807, 2.05) is 35.9 Å². The molecule has 0 spiro atoms. The summed E-state index contributed by atoms with van der Waals surface area (Å²) in [5.41, 5.74) is 2.89. The molecule has 1 unspecified atom stereocenters. The lowest BCUT2D eigenvalue weighted by atomic mass is 9.95. The molecule has 0 saturated carbocycles. The SMILES string of the molecule is CC(NC(=O)c1cc2cccc(Cl)c2n1C)C1=CCCCC1.